The van der Waals surface area contributed by atoms with Gasteiger partial charge in [0.2, 0.25) is 10.0 Å². The fourth-order valence-corrected chi connectivity index (χ4v) is 3.63. The van der Waals surface area contributed by atoms with E-state index in [1.54, 1.807) is 12.1 Å². The summed E-state index contributed by atoms with van der Waals surface area (Å²) in [6.45, 7) is 13.8. The fraction of sp³-hybridized carbons (Fsp3) is 0.500. The zero-order valence-corrected chi connectivity index (χ0v) is 14.3. The molecule has 21 heavy (non-hydrogen) atoms. The topological polar surface area (TPSA) is 49.4 Å². The molecule has 0 saturated carbocycles. The maximum atomic E-state index is 12.7. The number of benzene rings is 1. The molecule has 0 spiro atoms. The van der Waals surface area contributed by atoms with Crippen LogP contribution in [0.2, 0.25) is 0 Å². The summed E-state index contributed by atoms with van der Waals surface area (Å²) in [5, 5.41) is 3.24. The number of rotatable bonds is 8. The number of nitrogens with one attached hydrogen (secondary N) is 1. The molecule has 0 unspecified atom stereocenters. The maximum absolute atomic E-state index is 12.7. The van der Waals surface area contributed by atoms with Crippen molar-refractivity contribution in [2.24, 2.45) is 0 Å². The van der Waals surface area contributed by atoms with E-state index in [2.05, 4.69) is 11.9 Å². The quantitative estimate of drug-likeness (QED) is 0.751. The van der Waals surface area contributed by atoms with Crippen molar-refractivity contribution in [3.05, 3.63) is 41.5 Å². The van der Waals surface area contributed by atoms with Crippen LogP contribution in [0.3, 0.4) is 0 Å². The van der Waals surface area contributed by atoms with Gasteiger partial charge in [0.25, 0.3) is 0 Å². The van der Waals surface area contributed by atoms with Gasteiger partial charge in [0.05, 0.1) is 4.90 Å². The van der Waals surface area contributed by atoms with Crippen LogP contribution in [0, 0.1) is 6.92 Å². The summed E-state index contributed by atoms with van der Waals surface area (Å²) in [6.07, 6.45) is 0. The molecule has 0 radical (unpaired) electrons. The van der Waals surface area contributed by atoms with E-state index in [9.17, 15) is 8.42 Å². The van der Waals surface area contributed by atoms with Gasteiger partial charge in [-0.25, -0.2) is 8.42 Å². The van der Waals surface area contributed by atoms with Crippen molar-refractivity contribution < 1.29 is 8.42 Å². The summed E-state index contributed by atoms with van der Waals surface area (Å²) < 4.78 is 26.9. The number of hydrogen-bond acceptors (Lipinski definition) is 3. The van der Waals surface area contributed by atoms with Crippen LogP contribution in [0.4, 0.5) is 0 Å². The minimum atomic E-state index is -3.47. The van der Waals surface area contributed by atoms with Gasteiger partial charge in [-0.2, -0.15) is 4.31 Å². The largest absolute Gasteiger partial charge is 0.313 e. The molecule has 0 amide bonds. The molecular formula is C16H26N2O2S. The molecule has 4 nitrogen and oxygen atoms in total. The summed E-state index contributed by atoms with van der Waals surface area (Å²) in [5.41, 5.74) is 2.95. The molecule has 118 valence electrons. The first-order valence-electron chi connectivity index (χ1n) is 7.27. The molecule has 0 aliphatic rings. The van der Waals surface area contributed by atoms with E-state index in [-0.39, 0.29) is 0 Å². The SMILES string of the molecule is C=C(C)CN(CC)S(=O)(=O)c1ccc(C)c(CNCC)c1. The number of sulfonamides is 1. The summed E-state index contributed by atoms with van der Waals surface area (Å²) in [7, 11) is -3.47. The molecule has 0 aromatic heterocycles. The zero-order chi connectivity index (χ0) is 16.0. The summed E-state index contributed by atoms with van der Waals surface area (Å²) in [4.78, 5) is 0.351. The predicted molar refractivity (Wildman–Crippen MR) is 87.8 cm³/mol. The Balaban J connectivity index is 3.15. The van der Waals surface area contributed by atoms with Gasteiger partial charge in [-0.15, -0.1) is 0 Å². The van der Waals surface area contributed by atoms with Gasteiger partial charge >= 0.3 is 0 Å². The normalized spacial score (nSPS) is 11.9. The maximum Gasteiger partial charge on any atom is 0.243 e. The monoisotopic (exact) mass is 310 g/mol. The van der Waals surface area contributed by atoms with Crippen LogP contribution in [0.25, 0.3) is 0 Å². The minimum absolute atomic E-state index is 0.351. The van der Waals surface area contributed by atoms with Crippen LogP contribution >= 0.6 is 0 Å². The van der Waals surface area contributed by atoms with E-state index >= 15 is 0 Å². The summed E-state index contributed by atoms with van der Waals surface area (Å²) >= 11 is 0. The standard InChI is InChI=1S/C16H26N2O2S/c1-6-17-11-15-10-16(9-8-14(15)5)21(19,20)18(7-2)12-13(3)4/h8-10,17H,3,6-7,11-12H2,1-2,4-5H3. The Morgan fingerprint density at radius 2 is 2.00 bits per heavy atom. The number of nitrogens with zero attached hydrogens (tertiary/aromatic N) is 1. The molecule has 0 saturated heterocycles. The first kappa shape index (κ1) is 17.9. The van der Waals surface area contributed by atoms with Gasteiger partial charge in [0.1, 0.15) is 0 Å². The van der Waals surface area contributed by atoms with Crippen molar-refractivity contribution >= 4 is 10.0 Å². The van der Waals surface area contributed by atoms with Crippen molar-refractivity contribution in [3.63, 3.8) is 0 Å². The van der Waals surface area contributed by atoms with Gasteiger partial charge in [-0.05, 0) is 43.7 Å². The molecule has 0 heterocycles. The van der Waals surface area contributed by atoms with Gasteiger partial charge in [-0.3, -0.25) is 0 Å². The van der Waals surface area contributed by atoms with Gasteiger partial charge < -0.3 is 5.32 Å². The molecule has 1 aromatic carbocycles. The van der Waals surface area contributed by atoms with Crippen LogP contribution in [-0.4, -0.2) is 32.4 Å². The van der Waals surface area contributed by atoms with Gasteiger partial charge in [-0.1, -0.05) is 32.1 Å². The lowest BCUT2D eigenvalue weighted by molar-refractivity contribution is 0.452. The predicted octanol–water partition coefficient (Wildman–Crippen LogP) is 2.69. The lowest BCUT2D eigenvalue weighted by Crippen LogP contribution is -2.32. The molecule has 1 aromatic rings. The second-order valence-electron chi connectivity index (χ2n) is 5.26. The number of aryl methyl sites for hydroxylation is 1. The fourth-order valence-electron chi connectivity index (χ4n) is 2.08. The highest BCUT2D eigenvalue weighted by Gasteiger charge is 2.23. The third-order valence-electron chi connectivity index (χ3n) is 3.32. The second kappa shape index (κ2) is 7.73. The Morgan fingerprint density at radius 1 is 1.33 bits per heavy atom. The van der Waals surface area contributed by atoms with E-state index < -0.39 is 10.0 Å². The smallest absolute Gasteiger partial charge is 0.243 e. The molecule has 0 aliphatic carbocycles. The Bertz CT molecular complexity index is 594. The zero-order valence-electron chi connectivity index (χ0n) is 13.4. The summed E-state index contributed by atoms with van der Waals surface area (Å²) in [6, 6.07) is 5.32. The van der Waals surface area contributed by atoms with Crippen molar-refractivity contribution in [2.45, 2.75) is 39.1 Å². The average Bonchev–Trinajstić information content (AvgIpc) is 2.43. The molecule has 0 fully saturated rings. The van der Waals surface area contributed by atoms with Crippen LogP contribution in [0.15, 0.2) is 35.2 Å². The minimum Gasteiger partial charge on any atom is -0.313 e. The third-order valence-corrected chi connectivity index (χ3v) is 5.24. The van der Waals surface area contributed by atoms with Gasteiger partial charge in [0, 0.05) is 19.6 Å². The van der Waals surface area contributed by atoms with Gasteiger partial charge in [0.15, 0.2) is 0 Å². The molecule has 0 atom stereocenters. The lowest BCUT2D eigenvalue weighted by atomic mass is 10.1. The Labute approximate surface area is 128 Å². The first-order chi connectivity index (χ1) is 9.82. The average molecular weight is 310 g/mol. The highest BCUT2D eigenvalue weighted by molar-refractivity contribution is 7.89. The molecule has 5 heteroatoms. The van der Waals surface area contributed by atoms with Crippen LogP contribution in [0.1, 0.15) is 31.9 Å². The van der Waals surface area contributed by atoms with E-state index in [0.29, 0.717) is 24.5 Å². The van der Waals surface area contributed by atoms with Crippen LogP contribution in [-0.2, 0) is 16.6 Å². The van der Waals surface area contributed by atoms with E-state index in [1.807, 2.05) is 33.8 Å². The van der Waals surface area contributed by atoms with E-state index in [4.69, 9.17) is 0 Å². The van der Waals surface area contributed by atoms with E-state index in [0.717, 1.165) is 23.2 Å². The molecular weight excluding hydrogens is 284 g/mol. The Hall–Kier alpha value is -1.17. The first-order valence-corrected chi connectivity index (χ1v) is 8.71. The Kier molecular flexibility index (Phi) is 6.58. The highest BCUT2D eigenvalue weighted by atomic mass is 32.2. The second-order valence-corrected chi connectivity index (χ2v) is 7.19. The Morgan fingerprint density at radius 3 is 2.52 bits per heavy atom. The molecule has 1 N–H and O–H groups in total. The number of likely N-dealkylation sites (N-methyl/N-ethyl adjacent to an activating group) is 1. The lowest BCUT2D eigenvalue weighted by Gasteiger charge is -2.21. The molecule has 0 aliphatic heterocycles. The van der Waals surface area contributed by atoms with Crippen molar-refractivity contribution in [1.29, 1.82) is 0 Å². The van der Waals surface area contributed by atoms with Crippen molar-refractivity contribution in [3.8, 4) is 0 Å². The third kappa shape index (κ3) is 4.66. The van der Waals surface area contributed by atoms with Crippen LogP contribution in [0.5, 0.6) is 0 Å². The van der Waals surface area contributed by atoms with E-state index in [1.165, 1.54) is 4.31 Å². The molecule has 0 bridgehead atoms. The van der Waals surface area contributed by atoms with Crippen LogP contribution < -0.4 is 5.32 Å². The highest BCUT2D eigenvalue weighted by Crippen LogP contribution is 2.20. The number of hydrogen-bond donors (Lipinski definition) is 1. The van der Waals surface area contributed by atoms with Crippen molar-refractivity contribution in [2.75, 3.05) is 19.6 Å². The molecule has 1 rings (SSSR count). The van der Waals surface area contributed by atoms with Crippen molar-refractivity contribution in [1.82, 2.24) is 9.62 Å². The summed E-state index contributed by atoms with van der Waals surface area (Å²) in [5.74, 6) is 0.